The Kier molecular flexibility index (Phi) is 5.75. The van der Waals surface area contributed by atoms with Gasteiger partial charge in [0.15, 0.2) is 5.13 Å². The summed E-state index contributed by atoms with van der Waals surface area (Å²) in [5, 5.41) is 9.96. The van der Waals surface area contributed by atoms with Gasteiger partial charge in [0.25, 0.3) is 0 Å². The van der Waals surface area contributed by atoms with Gasteiger partial charge in [0, 0.05) is 27.1 Å². The molecule has 0 bridgehead atoms. The summed E-state index contributed by atoms with van der Waals surface area (Å²) in [7, 11) is 0. The van der Waals surface area contributed by atoms with Crippen LogP contribution in [0.5, 0.6) is 0 Å². The second kappa shape index (κ2) is 7.89. The Bertz CT molecular complexity index is 979. The summed E-state index contributed by atoms with van der Waals surface area (Å²) < 4.78 is 0. The SMILES string of the molecule is CC(C)(C)C(=O)Nc1cccc(-c2csc(Nc3cc(Cl)ccc3Cl)n2)c1. The predicted octanol–water partition coefficient (Wildman–Crippen LogP) is 6.85. The van der Waals surface area contributed by atoms with E-state index in [2.05, 4.69) is 15.6 Å². The van der Waals surface area contributed by atoms with E-state index >= 15 is 0 Å². The first-order valence-electron chi connectivity index (χ1n) is 8.32. The normalized spacial score (nSPS) is 11.3. The van der Waals surface area contributed by atoms with Crippen LogP contribution in [0.2, 0.25) is 10.0 Å². The summed E-state index contributed by atoms with van der Waals surface area (Å²) in [5.74, 6) is -0.0316. The Morgan fingerprint density at radius 3 is 2.63 bits per heavy atom. The first-order chi connectivity index (χ1) is 12.7. The fourth-order valence-electron chi connectivity index (χ4n) is 2.25. The van der Waals surface area contributed by atoms with Crippen molar-refractivity contribution in [2.75, 3.05) is 10.6 Å². The van der Waals surface area contributed by atoms with Crippen LogP contribution in [-0.4, -0.2) is 10.9 Å². The average molecular weight is 420 g/mol. The highest BCUT2D eigenvalue weighted by molar-refractivity contribution is 7.14. The molecule has 0 aliphatic heterocycles. The third kappa shape index (κ3) is 5.01. The molecule has 1 heterocycles. The molecule has 3 aromatic rings. The molecule has 0 unspecified atom stereocenters. The molecule has 4 nitrogen and oxygen atoms in total. The highest BCUT2D eigenvalue weighted by Crippen LogP contribution is 2.32. The number of anilines is 3. The maximum atomic E-state index is 12.2. The van der Waals surface area contributed by atoms with Crippen LogP contribution in [0.3, 0.4) is 0 Å². The number of aromatic nitrogens is 1. The largest absolute Gasteiger partial charge is 0.330 e. The molecule has 0 aliphatic carbocycles. The Hall–Kier alpha value is -2.08. The summed E-state index contributed by atoms with van der Waals surface area (Å²) in [5.41, 5.74) is 2.73. The molecule has 7 heteroatoms. The number of carbonyl (C=O) groups excluding carboxylic acids is 1. The number of hydrogen-bond acceptors (Lipinski definition) is 4. The van der Waals surface area contributed by atoms with Gasteiger partial charge in [-0.15, -0.1) is 11.3 Å². The third-order valence-electron chi connectivity index (χ3n) is 3.77. The molecule has 2 N–H and O–H groups in total. The number of nitrogens with one attached hydrogen (secondary N) is 2. The topological polar surface area (TPSA) is 54.0 Å². The maximum Gasteiger partial charge on any atom is 0.229 e. The number of benzene rings is 2. The zero-order valence-electron chi connectivity index (χ0n) is 15.1. The molecule has 0 aliphatic rings. The minimum Gasteiger partial charge on any atom is -0.330 e. The molecule has 0 atom stereocenters. The van der Waals surface area contributed by atoms with Crippen LogP contribution in [0.1, 0.15) is 20.8 Å². The Morgan fingerprint density at radius 2 is 1.89 bits per heavy atom. The van der Waals surface area contributed by atoms with Crippen molar-refractivity contribution in [3.63, 3.8) is 0 Å². The van der Waals surface area contributed by atoms with E-state index in [1.54, 1.807) is 18.2 Å². The van der Waals surface area contributed by atoms with Crippen molar-refractivity contribution in [3.05, 3.63) is 57.9 Å². The Morgan fingerprint density at radius 1 is 1.11 bits per heavy atom. The second-order valence-electron chi connectivity index (χ2n) is 7.07. The lowest BCUT2D eigenvalue weighted by molar-refractivity contribution is -0.123. The van der Waals surface area contributed by atoms with E-state index in [1.165, 1.54) is 11.3 Å². The van der Waals surface area contributed by atoms with Crippen molar-refractivity contribution < 1.29 is 4.79 Å². The molecule has 0 spiro atoms. The van der Waals surface area contributed by atoms with Gasteiger partial charge in [-0.3, -0.25) is 4.79 Å². The van der Waals surface area contributed by atoms with E-state index < -0.39 is 5.41 Å². The van der Waals surface area contributed by atoms with Crippen LogP contribution in [0.25, 0.3) is 11.3 Å². The maximum absolute atomic E-state index is 12.2. The molecule has 2 aromatic carbocycles. The molecular weight excluding hydrogens is 401 g/mol. The van der Waals surface area contributed by atoms with Crippen LogP contribution >= 0.6 is 34.5 Å². The van der Waals surface area contributed by atoms with Crippen LogP contribution < -0.4 is 10.6 Å². The van der Waals surface area contributed by atoms with Gasteiger partial charge < -0.3 is 10.6 Å². The number of amides is 1. The lowest BCUT2D eigenvalue weighted by atomic mass is 9.95. The summed E-state index contributed by atoms with van der Waals surface area (Å²) in [6, 6.07) is 12.9. The lowest BCUT2D eigenvalue weighted by Gasteiger charge is -2.17. The molecule has 1 aromatic heterocycles. The van der Waals surface area contributed by atoms with Crippen LogP contribution in [-0.2, 0) is 4.79 Å². The van der Waals surface area contributed by atoms with E-state index in [-0.39, 0.29) is 5.91 Å². The zero-order valence-corrected chi connectivity index (χ0v) is 17.5. The molecule has 27 heavy (non-hydrogen) atoms. The van der Waals surface area contributed by atoms with Gasteiger partial charge in [-0.25, -0.2) is 4.98 Å². The van der Waals surface area contributed by atoms with Gasteiger partial charge in [-0.1, -0.05) is 56.1 Å². The number of carbonyl (C=O) groups is 1. The van der Waals surface area contributed by atoms with Crippen molar-refractivity contribution in [3.8, 4) is 11.3 Å². The number of rotatable bonds is 4. The third-order valence-corrected chi connectivity index (χ3v) is 5.09. The number of hydrogen-bond donors (Lipinski definition) is 2. The van der Waals surface area contributed by atoms with Crippen molar-refractivity contribution in [1.82, 2.24) is 4.98 Å². The van der Waals surface area contributed by atoms with Gasteiger partial charge in [0.05, 0.1) is 16.4 Å². The number of nitrogens with zero attached hydrogens (tertiary/aromatic N) is 1. The van der Waals surface area contributed by atoms with Gasteiger partial charge in [0.2, 0.25) is 5.91 Å². The quantitative estimate of drug-likeness (QED) is 0.486. The monoisotopic (exact) mass is 419 g/mol. The van der Waals surface area contributed by atoms with Gasteiger partial charge in [0.1, 0.15) is 0 Å². The highest BCUT2D eigenvalue weighted by Gasteiger charge is 2.21. The average Bonchev–Trinajstić information content (AvgIpc) is 3.06. The number of halogens is 2. The number of thiazole rings is 1. The van der Waals surface area contributed by atoms with Crippen LogP contribution in [0.15, 0.2) is 47.8 Å². The minimum atomic E-state index is -0.454. The molecule has 0 radical (unpaired) electrons. The van der Waals surface area contributed by atoms with Crippen molar-refractivity contribution in [1.29, 1.82) is 0 Å². The predicted molar refractivity (Wildman–Crippen MR) is 115 cm³/mol. The molecule has 1 amide bonds. The fourth-order valence-corrected chi connectivity index (χ4v) is 3.32. The van der Waals surface area contributed by atoms with Crippen molar-refractivity contribution in [2.45, 2.75) is 20.8 Å². The van der Waals surface area contributed by atoms with Gasteiger partial charge >= 0.3 is 0 Å². The molecule has 140 valence electrons. The summed E-state index contributed by atoms with van der Waals surface area (Å²) in [4.78, 5) is 16.8. The molecule has 0 fully saturated rings. The summed E-state index contributed by atoms with van der Waals surface area (Å²) >= 11 is 13.7. The first-order valence-corrected chi connectivity index (χ1v) is 9.95. The van der Waals surface area contributed by atoms with E-state index in [4.69, 9.17) is 23.2 Å². The Balaban J connectivity index is 1.79. The van der Waals surface area contributed by atoms with Gasteiger partial charge in [-0.2, -0.15) is 0 Å². The summed E-state index contributed by atoms with van der Waals surface area (Å²) in [6.45, 7) is 5.64. The van der Waals surface area contributed by atoms with E-state index in [0.29, 0.717) is 20.9 Å². The van der Waals surface area contributed by atoms with Crippen LogP contribution in [0.4, 0.5) is 16.5 Å². The van der Waals surface area contributed by atoms with Crippen LogP contribution in [0, 0.1) is 5.41 Å². The molecule has 3 rings (SSSR count). The van der Waals surface area contributed by atoms with Gasteiger partial charge in [-0.05, 0) is 30.3 Å². The minimum absolute atomic E-state index is 0.0316. The molecule has 0 saturated carbocycles. The van der Waals surface area contributed by atoms with Crippen molar-refractivity contribution in [2.24, 2.45) is 5.41 Å². The molecular formula is C20H19Cl2N3OS. The standard InChI is InChI=1S/C20H19Cl2N3OS/c1-20(2,3)18(26)23-14-6-4-5-12(9-14)17-11-27-19(25-17)24-16-10-13(21)7-8-15(16)22/h4-11H,1-3H3,(H,23,26)(H,24,25). The highest BCUT2D eigenvalue weighted by atomic mass is 35.5. The lowest BCUT2D eigenvalue weighted by Crippen LogP contribution is -2.27. The van der Waals surface area contributed by atoms with Crippen molar-refractivity contribution >= 4 is 57.0 Å². The first kappa shape index (κ1) is 19.7. The van der Waals surface area contributed by atoms with E-state index in [9.17, 15) is 4.79 Å². The van der Waals surface area contributed by atoms with E-state index in [0.717, 1.165) is 16.9 Å². The second-order valence-corrected chi connectivity index (χ2v) is 8.77. The fraction of sp³-hybridized carbons (Fsp3) is 0.200. The Labute approximate surface area is 172 Å². The summed E-state index contributed by atoms with van der Waals surface area (Å²) in [6.07, 6.45) is 0. The van der Waals surface area contributed by atoms with E-state index in [1.807, 2.05) is 50.4 Å². The zero-order chi connectivity index (χ0) is 19.6. The molecule has 0 saturated heterocycles. The smallest absolute Gasteiger partial charge is 0.229 e.